The van der Waals surface area contributed by atoms with Crippen molar-refractivity contribution in [2.75, 3.05) is 7.05 Å². The van der Waals surface area contributed by atoms with Crippen molar-refractivity contribution >= 4 is 15.9 Å². The van der Waals surface area contributed by atoms with Gasteiger partial charge in [-0.25, -0.2) is 4.39 Å². The SMILES string of the molecule is CNC(Cc1cccc(F)c1Br)c1ccc(C)o1. The Bertz CT molecular complexity index is 538. The summed E-state index contributed by atoms with van der Waals surface area (Å²) in [4.78, 5) is 0. The summed E-state index contributed by atoms with van der Waals surface area (Å²) in [6.07, 6.45) is 0.668. The van der Waals surface area contributed by atoms with E-state index >= 15 is 0 Å². The number of benzene rings is 1. The van der Waals surface area contributed by atoms with Gasteiger partial charge >= 0.3 is 0 Å². The monoisotopic (exact) mass is 311 g/mol. The van der Waals surface area contributed by atoms with Crippen LogP contribution in [0.3, 0.4) is 0 Å². The van der Waals surface area contributed by atoms with E-state index in [4.69, 9.17) is 4.42 Å². The second-order valence-electron chi connectivity index (χ2n) is 4.21. The van der Waals surface area contributed by atoms with Gasteiger partial charge in [-0.05, 0) is 60.1 Å². The van der Waals surface area contributed by atoms with Crippen molar-refractivity contribution < 1.29 is 8.81 Å². The predicted molar refractivity (Wildman–Crippen MR) is 73.0 cm³/mol. The fraction of sp³-hybridized carbons (Fsp3) is 0.286. The molecule has 0 aliphatic heterocycles. The maximum Gasteiger partial charge on any atom is 0.137 e. The van der Waals surface area contributed by atoms with E-state index in [1.807, 2.05) is 32.2 Å². The first-order chi connectivity index (χ1) is 8.61. The van der Waals surface area contributed by atoms with Crippen LogP contribution in [0.2, 0.25) is 0 Å². The topological polar surface area (TPSA) is 25.2 Å². The first-order valence-corrected chi connectivity index (χ1v) is 6.57. The van der Waals surface area contributed by atoms with E-state index in [2.05, 4.69) is 21.2 Å². The third-order valence-electron chi connectivity index (χ3n) is 2.91. The lowest BCUT2D eigenvalue weighted by atomic mass is 10.0. The molecule has 1 unspecified atom stereocenters. The molecule has 1 heterocycles. The largest absolute Gasteiger partial charge is 0.465 e. The van der Waals surface area contributed by atoms with Gasteiger partial charge in [0.05, 0.1) is 10.5 Å². The lowest BCUT2D eigenvalue weighted by Gasteiger charge is -2.15. The van der Waals surface area contributed by atoms with E-state index in [9.17, 15) is 4.39 Å². The van der Waals surface area contributed by atoms with Gasteiger partial charge in [0.25, 0.3) is 0 Å². The fourth-order valence-corrected chi connectivity index (χ4v) is 2.34. The lowest BCUT2D eigenvalue weighted by Crippen LogP contribution is -2.18. The molecule has 0 saturated carbocycles. The number of rotatable bonds is 4. The maximum atomic E-state index is 13.4. The van der Waals surface area contributed by atoms with Crippen LogP contribution in [0.4, 0.5) is 4.39 Å². The average Bonchev–Trinajstić information content (AvgIpc) is 2.78. The van der Waals surface area contributed by atoms with Crippen LogP contribution in [0.5, 0.6) is 0 Å². The average molecular weight is 312 g/mol. The minimum atomic E-state index is -0.238. The van der Waals surface area contributed by atoms with Crippen LogP contribution in [0, 0.1) is 12.7 Å². The normalized spacial score (nSPS) is 12.7. The number of aryl methyl sites for hydroxylation is 1. The molecule has 96 valence electrons. The Morgan fingerprint density at radius 3 is 2.72 bits per heavy atom. The summed E-state index contributed by atoms with van der Waals surface area (Å²) in [7, 11) is 1.87. The minimum Gasteiger partial charge on any atom is -0.465 e. The molecule has 0 aliphatic rings. The van der Waals surface area contributed by atoms with Gasteiger partial charge in [-0.1, -0.05) is 12.1 Å². The maximum absolute atomic E-state index is 13.4. The fourth-order valence-electron chi connectivity index (χ4n) is 1.91. The van der Waals surface area contributed by atoms with Crippen LogP contribution < -0.4 is 5.32 Å². The Hall–Kier alpha value is -1.13. The highest BCUT2D eigenvalue weighted by molar-refractivity contribution is 9.10. The Morgan fingerprint density at radius 1 is 1.33 bits per heavy atom. The van der Waals surface area contributed by atoms with Gasteiger partial charge in [0.15, 0.2) is 0 Å². The number of furan rings is 1. The highest BCUT2D eigenvalue weighted by atomic mass is 79.9. The van der Waals surface area contributed by atoms with Crippen LogP contribution in [-0.2, 0) is 6.42 Å². The van der Waals surface area contributed by atoms with Crippen molar-refractivity contribution in [3.05, 3.63) is 57.7 Å². The van der Waals surface area contributed by atoms with Crippen molar-refractivity contribution in [1.82, 2.24) is 5.32 Å². The van der Waals surface area contributed by atoms with E-state index in [-0.39, 0.29) is 11.9 Å². The zero-order chi connectivity index (χ0) is 13.1. The second-order valence-corrected chi connectivity index (χ2v) is 5.00. The molecular weight excluding hydrogens is 297 g/mol. The van der Waals surface area contributed by atoms with Crippen molar-refractivity contribution in [2.24, 2.45) is 0 Å². The van der Waals surface area contributed by atoms with Crippen molar-refractivity contribution in [3.8, 4) is 0 Å². The molecule has 4 heteroatoms. The van der Waals surface area contributed by atoms with E-state index in [0.717, 1.165) is 17.1 Å². The lowest BCUT2D eigenvalue weighted by molar-refractivity contribution is 0.414. The van der Waals surface area contributed by atoms with E-state index in [1.165, 1.54) is 6.07 Å². The Kier molecular flexibility index (Phi) is 4.19. The molecule has 0 radical (unpaired) electrons. The van der Waals surface area contributed by atoms with Crippen LogP contribution in [-0.4, -0.2) is 7.05 Å². The van der Waals surface area contributed by atoms with Gasteiger partial charge in [0.1, 0.15) is 17.3 Å². The summed E-state index contributed by atoms with van der Waals surface area (Å²) in [5, 5.41) is 3.19. The third kappa shape index (κ3) is 2.82. The number of hydrogen-bond acceptors (Lipinski definition) is 2. The standard InChI is InChI=1S/C14H15BrFNO/c1-9-6-7-13(18-9)12(17-2)8-10-4-3-5-11(16)14(10)15/h3-7,12,17H,8H2,1-2H3. The summed E-state index contributed by atoms with van der Waals surface area (Å²) >= 11 is 3.28. The first kappa shape index (κ1) is 13.3. The van der Waals surface area contributed by atoms with Gasteiger partial charge in [-0.15, -0.1) is 0 Å². The molecule has 0 spiro atoms. The minimum absolute atomic E-state index is 0.0387. The van der Waals surface area contributed by atoms with E-state index < -0.39 is 0 Å². The molecule has 0 aliphatic carbocycles. The molecule has 0 amide bonds. The molecule has 2 rings (SSSR count). The molecule has 1 atom stereocenters. The molecule has 1 N–H and O–H groups in total. The zero-order valence-electron chi connectivity index (χ0n) is 10.3. The van der Waals surface area contributed by atoms with Crippen molar-refractivity contribution in [1.29, 1.82) is 0 Å². The molecular formula is C14H15BrFNO. The zero-order valence-corrected chi connectivity index (χ0v) is 11.9. The highest BCUT2D eigenvalue weighted by Crippen LogP contribution is 2.26. The number of likely N-dealkylation sites (N-methyl/N-ethyl adjacent to an activating group) is 1. The van der Waals surface area contributed by atoms with Gasteiger partial charge < -0.3 is 9.73 Å². The van der Waals surface area contributed by atoms with Crippen molar-refractivity contribution in [2.45, 2.75) is 19.4 Å². The quantitative estimate of drug-likeness (QED) is 0.923. The van der Waals surface area contributed by atoms with Gasteiger partial charge in [-0.2, -0.15) is 0 Å². The summed E-state index contributed by atoms with van der Waals surface area (Å²) in [6.45, 7) is 1.91. The van der Waals surface area contributed by atoms with Crippen LogP contribution in [0.1, 0.15) is 23.1 Å². The van der Waals surface area contributed by atoms with E-state index in [1.54, 1.807) is 6.07 Å². The first-order valence-electron chi connectivity index (χ1n) is 5.78. The van der Waals surface area contributed by atoms with E-state index in [0.29, 0.717) is 10.9 Å². The highest BCUT2D eigenvalue weighted by Gasteiger charge is 2.16. The summed E-state index contributed by atoms with van der Waals surface area (Å²) in [5.74, 6) is 1.51. The summed E-state index contributed by atoms with van der Waals surface area (Å²) in [6, 6.07) is 8.99. The smallest absolute Gasteiger partial charge is 0.137 e. The Morgan fingerprint density at radius 2 is 2.11 bits per heavy atom. The van der Waals surface area contributed by atoms with Gasteiger partial charge in [-0.3, -0.25) is 0 Å². The number of halogens is 2. The molecule has 1 aromatic heterocycles. The summed E-state index contributed by atoms with van der Waals surface area (Å²) in [5.41, 5.74) is 0.920. The molecule has 18 heavy (non-hydrogen) atoms. The molecule has 0 bridgehead atoms. The van der Waals surface area contributed by atoms with Crippen LogP contribution in [0.15, 0.2) is 39.2 Å². The van der Waals surface area contributed by atoms with Crippen molar-refractivity contribution in [3.63, 3.8) is 0 Å². The van der Waals surface area contributed by atoms with Crippen LogP contribution in [0.25, 0.3) is 0 Å². The molecule has 0 fully saturated rings. The molecule has 2 aromatic rings. The Labute approximate surface area is 114 Å². The summed E-state index contributed by atoms with van der Waals surface area (Å²) < 4.78 is 19.6. The molecule has 0 saturated heterocycles. The second kappa shape index (κ2) is 5.67. The number of nitrogens with one attached hydrogen (secondary N) is 1. The van der Waals surface area contributed by atoms with Gasteiger partial charge in [0, 0.05) is 0 Å². The molecule has 2 nitrogen and oxygen atoms in total. The van der Waals surface area contributed by atoms with Gasteiger partial charge in [0.2, 0.25) is 0 Å². The third-order valence-corrected chi connectivity index (χ3v) is 3.80. The predicted octanol–water partition coefficient (Wildman–Crippen LogP) is 3.99. The number of hydrogen-bond donors (Lipinski definition) is 1. The Balaban J connectivity index is 2.23. The van der Waals surface area contributed by atoms with Crippen LogP contribution >= 0.6 is 15.9 Å². The molecule has 1 aromatic carbocycles.